The number of aryl methyl sites for hydroxylation is 1. The molecule has 1 atom stereocenters. The van der Waals surface area contributed by atoms with Crippen LogP contribution in [0, 0.1) is 6.92 Å². The second-order valence-corrected chi connectivity index (χ2v) is 5.71. The highest BCUT2D eigenvalue weighted by Crippen LogP contribution is 2.30. The van der Waals surface area contributed by atoms with Crippen molar-refractivity contribution >= 4 is 16.6 Å². The average Bonchev–Trinajstić information content (AvgIpc) is 2.56. The summed E-state index contributed by atoms with van der Waals surface area (Å²) < 4.78 is 0. The summed E-state index contributed by atoms with van der Waals surface area (Å²) in [5, 5.41) is 2.18. The van der Waals surface area contributed by atoms with Gasteiger partial charge in [0.25, 0.3) is 0 Å². The third-order valence-electron chi connectivity index (χ3n) is 4.31. The van der Waals surface area contributed by atoms with Crippen molar-refractivity contribution in [1.82, 2.24) is 0 Å². The van der Waals surface area contributed by atoms with Gasteiger partial charge in [0.05, 0.1) is 0 Å². The number of fused-ring (bicyclic) bond motifs is 1. The monoisotopic (exact) mass is 288 g/mol. The van der Waals surface area contributed by atoms with Crippen LogP contribution < -0.4 is 0 Å². The van der Waals surface area contributed by atoms with Gasteiger partial charge in [-0.15, -0.1) is 0 Å². The summed E-state index contributed by atoms with van der Waals surface area (Å²) >= 11 is 0. The molecule has 0 radical (unpaired) electrons. The van der Waals surface area contributed by atoms with E-state index < -0.39 is 0 Å². The maximum Gasteiger partial charge on any atom is 0.171 e. The lowest BCUT2D eigenvalue weighted by Crippen LogP contribution is -2.14. The van der Waals surface area contributed by atoms with Crippen molar-refractivity contribution in [3.8, 4) is 0 Å². The van der Waals surface area contributed by atoms with Crippen molar-refractivity contribution in [3.63, 3.8) is 0 Å². The first kappa shape index (κ1) is 14.5. The zero-order valence-electron chi connectivity index (χ0n) is 13.0. The predicted octanol–water partition coefficient (Wildman–Crippen LogP) is 5.52. The second kappa shape index (κ2) is 6.15. The second-order valence-electron chi connectivity index (χ2n) is 5.71. The Hall–Kier alpha value is -2.41. The minimum atomic E-state index is -0.0780. The molecule has 0 fully saturated rings. The van der Waals surface area contributed by atoms with Crippen LogP contribution in [0.4, 0.5) is 0 Å². The fourth-order valence-corrected chi connectivity index (χ4v) is 3.14. The summed E-state index contributed by atoms with van der Waals surface area (Å²) in [6.07, 6.45) is 0.811. The van der Waals surface area contributed by atoms with Crippen LogP contribution in [-0.4, -0.2) is 5.78 Å². The van der Waals surface area contributed by atoms with Crippen molar-refractivity contribution in [2.75, 3.05) is 0 Å². The fourth-order valence-electron chi connectivity index (χ4n) is 3.14. The topological polar surface area (TPSA) is 17.1 Å². The Labute approximate surface area is 131 Å². The molecule has 1 heteroatoms. The number of ketones is 1. The van der Waals surface area contributed by atoms with E-state index in [1.807, 2.05) is 61.5 Å². The van der Waals surface area contributed by atoms with Crippen LogP contribution in [0.15, 0.2) is 66.7 Å². The molecule has 0 aliphatic heterocycles. The first-order valence-electron chi connectivity index (χ1n) is 7.80. The van der Waals surface area contributed by atoms with Crippen LogP contribution in [0.3, 0.4) is 0 Å². The minimum absolute atomic E-state index is 0.0780. The molecule has 0 aliphatic rings. The number of benzene rings is 3. The molecule has 1 unspecified atom stereocenters. The standard InChI is InChI=1S/C21H20O/c1-3-18(16-9-5-4-6-10-16)21(22)20-15(2)13-14-17-11-7-8-12-19(17)20/h4-14,18H,3H2,1-2H3. The average molecular weight is 288 g/mol. The van der Waals surface area contributed by atoms with Gasteiger partial charge in [-0.05, 0) is 35.2 Å². The summed E-state index contributed by atoms with van der Waals surface area (Å²) in [5.41, 5.74) is 3.02. The van der Waals surface area contributed by atoms with Crippen LogP contribution in [-0.2, 0) is 0 Å². The van der Waals surface area contributed by atoms with Gasteiger partial charge in [-0.3, -0.25) is 4.79 Å². The van der Waals surface area contributed by atoms with Gasteiger partial charge in [-0.2, -0.15) is 0 Å². The summed E-state index contributed by atoms with van der Waals surface area (Å²) in [7, 11) is 0. The van der Waals surface area contributed by atoms with E-state index in [4.69, 9.17) is 0 Å². The molecule has 3 aromatic carbocycles. The fraction of sp³-hybridized carbons (Fsp3) is 0.190. The Morgan fingerprint density at radius 2 is 1.59 bits per heavy atom. The number of carbonyl (C=O) groups excluding carboxylic acids is 1. The lowest BCUT2D eigenvalue weighted by Gasteiger charge is -2.17. The number of Topliss-reactive ketones (excluding diaryl/α,β-unsaturated/α-hetero) is 1. The lowest BCUT2D eigenvalue weighted by molar-refractivity contribution is 0.0958. The molecule has 0 amide bonds. The minimum Gasteiger partial charge on any atom is -0.293 e. The summed E-state index contributed by atoms with van der Waals surface area (Å²) in [6.45, 7) is 4.10. The molecule has 0 aromatic heterocycles. The van der Waals surface area contributed by atoms with Gasteiger partial charge in [0, 0.05) is 11.5 Å². The molecular weight excluding hydrogens is 268 g/mol. The van der Waals surface area contributed by atoms with Gasteiger partial charge in [0.1, 0.15) is 0 Å². The zero-order chi connectivity index (χ0) is 15.5. The molecule has 0 spiro atoms. The smallest absolute Gasteiger partial charge is 0.171 e. The molecule has 3 rings (SSSR count). The van der Waals surface area contributed by atoms with E-state index in [-0.39, 0.29) is 11.7 Å². The maximum atomic E-state index is 13.2. The molecule has 110 valence electrons. The third-order valence-corrected chi connectivity index (χ3v) is 4.31. The molecule has 0 saturated carbocycles. The summed E-state index contributed by atoms with van der Waals surface area (Å²) in [6, 6.07) is 22.4. The molecule has 3 aromatic rings. The first-order chi connectivity index (χ1) is 10.7. The lowest BCUT2D eigenvalue weighted by atomic mass is 9.85. The van der Waals surface area contributed by atoms with Crippen molar-refractivity contribution < 1.29 is 4.79 Å². The predicted molar refractivity (Wildman–Crippen MR) is 92.5 cm³/mol. The van der Waals surface area contributed by atoms with Crippen molar-refractivity contribution in [2.45, 2.75) is 26.2 Å². The molecule has 0 heterocycles. The van der Waals surface area contributed by atoms with Crippen molar-refractivity contribution in [2.24, 2.45) is 0 Å². The molecule has 0 saturated heterocycles. The highest BCUT2D eigenvalue weighted by molar-refractivity contribution is 6.12. The van der Waals surface area contributed by atoms with Gasteiger partial charge >= 0.3 is 0 Å². The van der Waals surface area contributed by atoms with Gasteiger partial charge in [0.2, 0.25) is 0 Å². The highest BCUT2D eigenvalue weighted by Gasteiger charge is 2.23. The Bertz CT molecular complexity index is 803. The Morgan fingerprint density at radius 3 is 2.32 bits per heavy atom. The van der Waals surface area contributed by atoms with Crippen LogP contribution >= 0.6 is 0 Å². The van der Waals surface area contributed by atoms with Crippen molar-refractivity contribution in [3.05, 3.63) is 83.4 Å². The third kappa shape index (κ3) is 2.55. The van der Waals surface area contributed by atoms with Crippen molar-refractivity contribution in [1.29, 1.82) is 0 Å². The molecule has 0 bridgehead atoms. The van der Waals surface area contributed by atoms with Gasteiger partial charge in [0.15, 0.2) is 5.78 Å². The van der Waals surface area contributed by atoms with Crippen LogP contribution in [0.25, 0.3) is 10.8 Å². The zero-order valence-corrected chi connectivity index (χ0v) is 13.0. The maximum absolute atomic E-state index is 13.2. The van der Waals surface area contributed by atoms with Gasteiger partial charge in [-0.25, -0.2) is 0 Å². The number of carbonyl (C=O) groups is 1. The van der Waals surface area contributed by atoms with E-state index in [9.17, 15) is 4.79 Å². The Balaban J connectivity index is 2.14. The largest absolute Gasteiger partial charge is 0.293 e. The molecule has 0 aliphatic carbocycles. The number of hydrogen-bond acceptors (Lipinski definition) is 1. The van der Waals surface area contributed by atoms with Gasteiger partial charge < -0.3 is 0 Å². The summed E-state index contributed by atoms with van der Waals surface area (Å²) in [4.78, 5) is 13.2. The normalized spacial score (nSPS) is 12.3. The molecular formula is C21H20O. The number of rotatable bonds is 4. The first-order valence-corrected chi connectivity index (χ1v) is 7.80. The van der Waals surface area contributed by atoms with E-state index in [2.05, 4.69) is 19.1 Å². The van der Waals surface area contributed by atoms with Crippen LogP contribution in [0.1, 0.15) is 40.7 Å². The molecule has 1 nitrogen and oxygen atoms in total. The van der Waals surface area contributed by atoms with E-state index in [1.54, 1.807) is 0 Å². The quantitative estimate of drug-likeness (QED) is 0.577. The van der Waals surface area contributed by atoms with E-state index in [1.165, 1.54) is 0 Å². The number of hydrogen-bond donors (Lipinski definition) is 0. The molecule has 0 N–H and O–H groups in total. The molecule has 22 heavy (non-hydrogen) atoms. The SMILES string of the molecule is CCC(C(=O)c1c(C)ccc2ccccc12)c1ccccc1. The van der Waals surface area contributed by atoms with Gasteiger partial charge in [-0.1, -0.05) is 73.7 Å². The van der Waals surface area contributed by atoms with E-state index in [0.717, 1.165) is 33.9 Å². The van der Waals surface area contributed by atoms with E-state index >= 15 is 0 Å². The highest BCUT2D eigenvalue weighted by atomic mass is 16.1. The van der Waals surface area contributed by atoms with Crippen LogP contribution in [0.5, 0.6) is 0 Å². The Morgan fingerprint density at radius 1 is 0.909 bits per heavy atom. The Kier molecular flexibility index (Phi) is 4.06. The van der Waals surface area contributed by atoms with Crippen LogP contribution in [0.2, 0.25) is 0 Å². The van der Waals surface area contributed by atoms with E-state index in [0.29, 0.717) is 0 Å². The summed E-state index contributed by atoms with van der Waals surface area (Å²) in [5.74, 6) is 0.147.